The molecule has 0 N–H and O–H groups in total. The van der Waals surface area contributed by atoms with Crippen LogP contribution in [0.15, 0.2) is 104 Å². The van der Waals surface area contributed by atoms with Crippen molar-refractivity contribution >= 4 is 23.0 Å². The predicted octanol–water partition coefficient (Wildman–Crippen LogP) is 8.40. The number of fused-ring (bicyclic) bond motifs is 3. The molecule has 3 nitrogen and oxygen atoms in total. The molecule has 1 unspecified atom stereocenters. The van der Waals surface area contributed by atoms with Gasteiger partial charge >= 0.3 is 12.1 Å². The zero-order valence-corrected chi connectivity index (χ0v) is 20.3. The lowest BCUT2D eigenvalue weighted by molar-refractivity contribution is -0.172. The third-order valence-electron chi connectivity index (χ3n) is 6.90. The molecule has 4 aromatic carbocycles. The Balaban J connectivity index is 1.67. The summed E-state index contributed by atoms with van der Waals surface area (Å²) in [5, 5.41) is 0. The van der Waals surface area contributed by atoms with Crippen molar-refractivity contribution in [1.29, 1.82) is 0 Å². The maximum absolute atomic E-state index is 14.6. The molecule has 0 saturated heterocycles. The highest BCUT2D eigenvalue weighted by Gasteiger charge is 2.58. The average Bonchev–Trinajstić information content (AvgIpc) is 3.15. The molecule has 5 rings (SSSR count). The Kier molecular flexibility index (Phi) is 5.91. The highest BCUT2D eigenvalue weighted by Crippen LogP contribution is 2.57. The van der Waals surface area contributed by atoms with E-state index in [-0.39, 0.29) is 11.1 Å². The number of ether oxygens (including phenoxy) is 1. The normalized spacial score (nSPS) is 16.0. The molecule has 0 aliphatic heterocycles. The highest BCUT2D eigenvalue weighted by molar-refractivity contribution is 5.86. The van der Waals surface area contributed by atoms with E-state index in [9.17, 15) is 18.0 Å². The summed E-state index contributed by atoms with van der Waals surface area (Å²) < 4.78 is 49.1. The molecule has 1 aliphatic carbocycles. The number of alkyl halides is 3. The fourth-order valence-electron chi connectivity index (χ4n) is 4.89. The zero-order valence-electron chi connectivity index (χ0n) is 20.3. The van der Waals surface area contributed by atoms with Crippen molar-refractivity contribution in [3.8, 4) is 16.9 Å². The quantitative estimate of drug-likeness (QED) is 0.157. The van der Waals surface area contributed by atoms with Gasteiger partial charge in [-0.15, -0.1) is 0 Å². The van der Waals surface area contributed by atoms with Crippen molar-refractivity contribution in [1.82, 2.24) is 0 Å². The molecule has 0 fully saturated rings. The van der Waals surface area contributed by atoms with Gasteiger partial charge in [-0.2, -0.15) is 13.2 Å². The van der Waals surface area contributed by atoms with Crippen LogP contribution in [0.25, 0.3) is 11.1 Å². The number of halogens is 3. The van der Waals surface area contributed by atoms with Gasteiger partial charge in [0.15, 0.2) is 0 Å². The van der Waals surface area contributed by atoms with E-state index in [0.29, 0.717) is 28.3 Å². The summed E-state index contributed by atoms with van der Waals surface area (Å²) in [6.07, 6.45) is -3.41. The average molecular weight is 500 g/mol. The Morgan fingerprint density at radius 2 is 1.41 bits per heavy atom. The topological polar surface area (TPSA) is 29.5 Å². The Bertz CT molecular complexity index is 1490. The molecule has 6 heteroatoms. The summed E-state index contributed by atoms with van der Waals surface area (Å²) >= 11 is 0. The molecular weight excluding hydrogens is 475 g/mol. The minimum absolute atomic E-state index is 0.215. The molecule has 1 aliphatic rings. The van der Waals surface area contributed by atoms with Crippen LogP contribution >= 0.6 is 0 Å². The van der Waals surface area contributed by atoms with E-state index in [0.717, 1.165) is 17.3 Å². The summed E-state index contributed by atoms with van der Waals surface area (Å²) in [6, 6.07) is 26.5. The van der Waals surface area contributed by atoms with Crippen molar-refractivity contribution < 1.29 is 22.7 Å². The van der Waals surface area contributed by atoms with Crippen LogP contribution in [0, 0.1) is 6.92 Å². The number of carbonyl (C=O) groups is 1. The molecule has 0 bridgehead atoms. The maximum atomic E-state index is 14.6. The molecule has 37 heavy (non-hydrogen) atoms. The molecule has 0 radical (unpaired) electrons. The van der Waals surface area contributed by atoms with E-state index in [1.807, 2.05) is 42.2 Å². The van der Waals surface area contributed by atoms with Crippen LogP contribution in [-0.4, -0.2) is 12.1 Å². The van der Waals surface area contributed by atoms with Gasteiger partial charge in [-0.3, -0.25) is 0 Å². The van der Waals surface area contributed by atoms with Crippen LogP contribution in [0.5, 0.6) is 5.75 Å². The second-order valence-corrected chi connectivity index (χ2v) is 9.19. The predicted molar refractivity (Wildman–Crippen MR) is 140 cm³/mol. The van der Waals surface area contributed by atoms with Gasteiger partial charge in [-0.1, -0.05) is 54.6 Å². The van der Waals surface area contributed by atoms with Gasteiger partial charge in [-0.25, -0.2) is 4.79 Å². The number of hydrogen-bond donors (Lipinski definition) is 0. The van der Waals surface area contributed by atoms with Crippen molar-refractivity contribution in [2.75, 3.05) is 4.90 Å². The second kappa shape index (κ2) is 8.96. The summed E-state index contributed by atoms with van der Waals surface area (Å²) in [6.45, 7) is 6.62. The van der Waals surface area contributed by atoms with Gasteiger partial charge < -0.3 is 9.64 Å². The van der Waals surface area contributed by atoms with Crippen LogP contribution in [0.2, 0.25) is 0 Å². The molecule has 1 atom stereocenters. The van der Waals surface area contributed by atoms with Crippen molar-refractivity contribution in [2.24, 2.45) is 0 Å². The lowest BCUT2D eigenvalue weighted by Crippen LogP contribution is -2.38. The maximum Gasteiger partial charge on any atom is 0.402 e. The van der Waals surface area contributed by atoms with Gasteiger partial charge in [0, 0.05) is 23.1 Å². The summed E-state index contributed by atoms with van der Waals surface area (Å²) in [5.41, 5.74) is 2.63. The smallest absolute Gasteiger partial charge is 0.402 e. The first-order valence-electron chi connectivity index (χ1n) is 11.8. The fourth-order valence-corrected chi connectivity index (χ4v) is 4.89. The van der Waals surface area contributed by atoms with Crippen LogP contribution in [0.1, 0.15) is 23.6 Å². The Hall–Kier alpha value is -4.32. The monoisotopic (exact) mass is 499 g/mol. The lowest BCUT2D eigenvalue weighted by Gasteiger charge is -2.32. The largest absolute Gasteiger partial charge is 0.423 e. The van der Waals surface area contributed by atoms with E-state index in [4.69, 9.17) is 4.74 Å². The van der Waals surface area contributed by atoms with E-state index in [1.165, 1.54) is 6.92 Å². The van der Waals surface area contributed by atoms with Gasteiger partial charge in [0.25, 0.3) is 0 Å². The van der Waals surface area contributed by atoms with Crippen molar-refractivity contribution in [3.05, 3.63) is 120 Å². The summed E-state index contributed by atoms with van der Waals surface area (Å²) in [5.74, 6) is -0.237. The number of anilines is 3. The van der Waals surface area contributed by atoms with Crippen LogP contribution in [0.3, 0.4) is 0 Å². The van der Waals surface area contributed by atoms with E-state index >= 15 is 0 Å². The van der Waals surface area contributed by atoms with E-state index in [2.05, 4.69) is 6.58 Å². The number of rotatable bonds is 5. The Labute approximate surface area is 213 Å². The SMILES string of the molecule is C=CC(=O)Oc1ccc(N(c2ccc(C)cc2)c2ccc3c(c2)C(C)(C(F)(F)F)c2ccccc2-3)cc1. The summed E-state index contributed by atoms with van der Waals surface area (Å²) in [7, 11) is 0. The molecule has 0 spiro atoms. The van der Waals surface area contributed by atoms with E-state index < -0.39 is 17.6 Å². The second-order valence-electron chi connectivity index (χ2n) is 9.19. The number of carbonyl (C=O) groups excluding carboxylic acids is 1. The fraction of sp³-hybridized carbons (Fsp3) is 0.129. The molecule has 0 heterocycles. The third kappa shape index (κ3) is 4.08. The van der Waals surface area contributed by atoms with Gasteiger partial charge in [0.2, 0.25) is 0 Å². The molecule has 186 valence electrons. The van der Waals surface area contributed by atoms with Crippen molar-refractivity contribution in [2.45, 2.75) is 25.4 Å². The minimum atomic E-state index is -4.49. The first-order valence-corrected chi connectivity index (χ1v) is 11.8. The van der Waals surface area contributed by atoms with Crippen LogP contribution in [0.4, 0.5) is 30.2 Å². The highest BCUT2D eigenvalue weighted by atomic mass is 19.4. The number of nitrogens with zero attached hydrogens (tertiary/aromatic N) is 1. The van der Waals surface area contributed by atoms with Crippen LogP contribution < -0.4 is 9.64 Å². The minimum Gasteiger partial charge on any atom is -0.423 e. The molecule has 0 amide bonds. The lowest BCUT2D eigenvalue weighted by atomic mass is 9.79. The van der Waals surface area contributed by atoms with Crippen LogP contribution in [-0.2, 0) is 10.2 Å². The molecule has 0 saturated carbocycles. The number of hydrogen-bond acceptors (Lipinski definition) is 3. The molecular formula is C31H24F3NO2. The van der Waals surface area contributed by atoms with Gasteiger partial charge in [0.05, 0.1) is 0 Å². The molecule has 0 aromatic heterocycles. The zero-order chi connectivity index (χ0) is 26.4. The molecule has 4 aromatic rings. The number of esters is 1. The third-order valence-corrected chi connectivity index (χ3v) is 6.90. The summed E-state index contributed by atoms with van der Waals surface area (Å²) in [4.78, 5) is 13.5. The van der Waals surface area contributed by atoms with E-state index in [1.54, 1.807) is 60.7 Å². The number of aryl methyl sites for hydroxylation is 1. The van der Waals surface area contributed by atoms with Gasteiger partial charge in [0.1, 0.15) is 11.2 Å². The first-order chi connectivity index (χ1) is 17.6. The Morgan fingerprint density at radius 3 is 2.03 bits per heavy atom. The number of benzene rings is 4. The Morgan fingerprint density at radius 1 is 0.838 bits per heavy atom. The van der Waals surface area contributed by atoms with Crippen molar-refractivity contribution in [3.63, 3.8) is 0 Å². The standard InChI is InChI=1S/C31H24F3NO2/c1-4-29(36)37-24-16-13-22(14-17-24)35(21-11-9-20(2)10-12-21)23-15-18-26-25-7-5-6-8-27(25)30(3,28(26)19-23)31(32,33)34/h4-19H,1H2,2-3H3. The van der Waals surface area contributed by atoms with Gasteiger partial charge in [-0.05, 0) is 84.6 Å². The first kappa shape index (κ1) is 24.4.